The van der Waals surface area contributed by atoms with Crippen molar-refractivity contribution in [3.05, 3.63) is 70.3 Å². The van der Waals surface area contributed by atoms with Gasteiger partial charge in [-0.15, -0.1) is 0 Å². The van der Waals surface area contributed by atoms with Gasteiger partial charge in [0.25, 0.3) is 11.6 Å². The number of benzene rings is 2. The Morgan fingerprint density at radius 3 is 2.63 bits per heavy atom. The lowest BCUT2D eigenvalue weighted by molar-refractivity contribution is -0.384. The highest BCUT2D eigenvalue weighted by Crippen LogP contribution is 2.25. The van der Waals surface area contributed by atoms with Gasteiger partial charge in [-0.3, -0.25) is 14.9 Å². The molecule has 1 N–H and O–H groups in total. The molecule has 1 aliphatic rings. The standard InChI is InChI=1S/C18H19N3O5S/c22-18(14-6-4-7-15(12-14)21(23)24)19-13-16-8-5-11-20(16)27(25,26)17-9-2-1-3-10-17/h1-4,6-7,9-10,12,16H,5,8,11,13H2,(H,19,22)/t16-/m1/s1. The molecule has 0 saturated carbocycles. The number of amides is 1. The Morgan fingerprint density at radius 2 is 1.93 bits per heavy atom. The van der Waals surface area contributed by atoms with Crippen LogP contribution in [0.25, 0.3) is 0 Å². The summed E-state index contributed by atoms with van der Waals surface area (Å²) in [6.07, 6.45) is 1.35. The van der Waals surface area contributed by atoms with E-state index in [4.69, 9.17) is 0 Å². The van der Waals surface area contributed by atoms with Crippen molar-refractivity contribution < 1.29 is 18.1 Å². The van der Waals surface area contributed by atoms with Crippen LogP contribution in [0.15, 0.2) is 59.5 Å². The van der Waals surface area contributed by atoms with E-state index in [0.29, 0.717) is 19.4 Å². The average molecular weight is 389 g/mol. The second-order valence-corrected chi connectivity index (χ2v) is 8.13. The molecule has 0 aromatic heterocycles. The topological polar surface area (TPSA) is 110 Å². The van der Waals surface area contributed by atoms with Crippen molar-refractivity contribution in [2.45, 2.75) is 23.8 Å². The first-order valence-electron chi connectivity index (χ1n) is 8.49. The minimum Gasteiger partial charge on any atom is -0.350 e. The van der Waals surface area contributed by atoms with E-state index in [1.54, 1.807) is 30.3 Å². The molecule has 1 aliphatic heterocycles. The van der Waals surface area contributed by atoms with Crippen molar-refractivity contribution >= 4 is 21.6 Å². The third-order valence-corrected chi connectivity index (χ3v) is 6.46. The van der Waals surface area contributed by atoms with Gasteiger partial charge >= 0.3 is 0 Å². The van der Waals surface area contributed by atoms with Crippen LogP contribution in [0.4, 0.5) is 5.69 Å². The summed E-state index contributed by atoms with van der Waals surface area (Å²) in [5.74, 6) is -0.470. The molecule has 27 heavy (non-hydrogen) atoms. The van der Waals surface area contributed by atoms with Crippen molar-refractivity contribution in [1.29, 1.82) is 0 Å². The van der Waals surface area contributed by atoms with Crippen LogP contribution < -0.4 is 5.32 Å². The first kappa shape index (κ1) is 19.0. The van der Waals surface area contributed by atoms with Crippen molar-refractivity contribution in [3.63, 3.8) is 0 Å². The van der Waals surface area contributed by atoms with Gasteiger partial charge in [-0.25, -0.2) is 8.42 Å². The Labute approximate surface area is 157 Å². The van der Waals surface area contributed by atoms with Crippen molar-refractivity contribution in [3.8, 4) is 0 Å². The monoisotopic (exact) mass is 389 g/mol. The molecule has 0 unspecified atom stereocenters. The normalized spacial score (nSPS) is 17.6. The number of rotatable bonds is 6. The Balaban J connectivity index is 1.69. The van der Waals surface area contributed by atoms with Crippen LogP contribution in [0.1, 0.15) is 23.2 Å². The molecular formula is C18H19N3O5S. The molecule has 0 spiro atoms. The minimum atomic E-state index is -3.63. The summed E-state index contributed by atoms with van der Waals surface area (Å²) < 4.78 is 27.0. The van der Waals surface area contributed by atoms with Crippen LogP contribution in [0.2, 0.25) is 0 Å². The number of hydrogen-bond donors (Lipinski definition) is 1. The molecule has 0 bridgehead atoms. The summed E-state index contributed by atoms with van der Waals surface area (Å²) in [4.78, 5) is 22.8. The second kappa shape index (κ2) is 7.85. The highest BCUT2D eigenvalue weighted by molar-refractivity contribution is 7.89. The van der Waals surface area contributed by atoms with Gasteiger partial charge in [0.1, 0.15) is 0 Å². The number of non-ortho nitro benzene ring substituents is 1. The molecule has 3 rings (SSSR count). The van der Waals surface area contributed by atoms with E-state index in [2.05, 4.69) is 5.32 Å². The fraction of sp³-hybridized carbons (Fsp3) is 0.278. The van der Waals surface area contributed by atoms with E-state index in [-0.39, 0.29) is 28.7 Å². The Morgan fingerprint density at radius 1 is 1.19 bits per heavy atom. The zero-order chi connectivity index (χ0) is 19.4. The van der Waals surface area contributed by atoms with Crippen LogP contribution in [-0.4, -0.2) is 42.7 Å². The summed E-state index contributed by atoms with van der Waals surface area (Å²) in [5.41, 5.74) is -0.00328. The number of nitro groups is 1. The molecule has 1 amide bonds. The molecule has 9 heteroatoms. The second-order valence-electron chi connectivity index (χ2n) is 6.24. The Bertz CT molecular complexity index is 946. The molecular weight excluding hydrogens is 370 g/mol. The third kappa shape index (κ3) is 4.15. The van der Waals surface area contributed by atoms with Gasteiger partial charge in [0.05, 0.1) is 9.82 Å². The maximum atomic E-state index is 12.8. The van der Waals surface area contributed by atoms with E-state index in [1.165, 1.54) is 28.6 Å². The third-order valence-electron chi connectivity index (χ3n) is 4.49. The number of sulfonamides is 1. The minimum absolute atomic E-state index is 0.146. The smallest absolute Gasteiger partial charge is 0.270 e. The van der Waals surface area contributed by atoms with Crippen molar-refractivity contribution in [2.24, 2.45) is 0 Å². The molecule has 0 aliphatic carbocycles. The molecule has 2 aromatic carbocycles. The largest absolute Gasteiger partial charge is 0.350 e. The van der Waals surface area contributed by atoms with E-state index in [0.717, 1.165) is 0 Å². The van der Waals surface area contributed by atoms with Crippen LogP contribution >= 0.6 is 0 Å². The maximum Gasteiger partial charge on any atom is 0.270 e. The van der Waals surface area contributed by atoms with Crippen molar-refractivity contribution in [1.82, 2.24) is 9.62 Å². The van der Waals surface area contributed by atoms with Crippen LogP contribution in [0, 0.1) is 10.1 Å². The molecule has 0 radical (unpaired) electrons. The van der Waals surface area contributed by atoms with Gasteiger partial charge < -0.3 is 5.32 Å². The van der Waals surface area contributed by atoms with E-state index in [9.17, 15) is 23.3 Å². The molecule has 8 nitrogen and oxygen atoms in total. The van der Waals surface area contributed by atoms with Crippen LogP contribution in [0.3, 0.4) is 0 Å². The Hall–Kier alpha value is -2.78. The molecule has 2 aromatic rings. The lowest BCUT2D eigenvalue weighted by atomic mass is 10.1. The number of hydrogen-bond acceptors (Lipinski definition) is 5. The van der Waals surface area contributed by atoms with Gasteiger partial charge in [0.15, 0.2) is 0 Å². The molecule has 142 valence electrons. The van der Waals surface area contributed by atoms with Gasteiger partial charge in [-0.2, -0.15) is 4.31 Å². The summed E-state index contributed by atoms with van der Waals surface area (Å²) in [7, 11) is -3.63. The number of carbonyl (C=O) groups is 1. The molecule has 1 heterocycles. The summed E-state index contributed by atoms with van der Waals surface area (Å²) in [5, 5.41) is 13.5. The zero-order valence-electron chi connectivity index (χ0n) is 14.4. The lowest BCUT2D eigenvalue weighted by Gasteiger charge is -2.24. The number of carbonyl (C=O) groups excluding carboxylic acids is 1. The first-order chi connectivity index (χ1) is 12.9. The summed E-state index contributed by atoms with van der Waals surface area (Å²) in [6, 6.07) is 13.3. The van der Waals surface area contributed by atoms with Crippen LogP contribution in [0.5, 0.6) is 0 Å². The highest BCUT2D eigenvalue weighted by Gasteiger charge is 2.35. The summed E-state index contributed by atoms with van der Waals surface area (Å²) in [6.45, 7) is 0.544. The average Bonchev–Trinajstić information content (AvgIpc) is 3.16. The number of nitrogens with one attached hydrogen (secondary N) is 1. The molecule has 1 fully saturated rings. The van der Waals surface area contributed by atoms with E-state index >= 15 is 0 Å². The SMILES string of the molecule is O=C(NC[C@H]1CCCN1S(=O)(=O)c1ccccc1)c1cccc([N+](=O)[O-])c1. The van der Waals surface area contributed by atoms with Gasteiger partial charge in [0, 0.05) is 36.8 Å². The predicted molar refractivity (Wildman–Crippen MR) is 98.8 cm³/mol. The molecule has 1 atom stereocenters. The molecule has 1 saturated heterocycles. The zero-order valence-corrected chi connectivity index (χ0v) is 15.3. The fourth-order valence-corrected chi connectivity index (χ4v) is 4.84. The number of nitro benzene ring substituents is 1. The maximum absolute atomic E-state index is 12.8. The van der Waals surface area contributed by atoms with Gasteiger partial charge in [0.2, 0.25) is 10.0 Å². The van der Waals surface area contributed by atoms with Crippen LogP contribution in [-0.2, 0) is 10.0 Å². The highest BCUT2D eigenvalue weighted by atomic mass is 32.2. The Kier molecular flexibility index (Phi) is 5.52. The quantitative estimate of drug-likeness (QED) is 0.601. The van der Waals surface area contributed by atoms with Gasteiger partial charge in [-0.1, -0.05) is 24.3 Å². The van der Waals surface area contributed by atoms with Gasteiger partial charge in [-0.05, 0) is 31.0 Å². The predicted octanol–water partition coefficient (Wildman–Crippen LogP) is 2.18. The fourth-order valence-electron chi connectivity index (χ4n) is 3.13. The first-order valence-corrected chi connectivity index (χ1v) is 9.93. The lowest BCUT2D eigenvalue weighted by Crippen LogP contribution is -2.43. The summed E-state index contributed by atoms with van der Waals surface area (Å²) >= 11 is 0. The van der Waals surface area contributed by atoms with E-state index < -0.39 is 20.9 Å². The number of nitrogens with zero attached hydrogens (tertiary/aromatic N) is 2. The van der Waals surface area contributed by atoms with Crippen molar-refractivity contribution in [2.75, 3.05) is 13.1 Å². The van der Waals surface area contributed by atoms with E-state index in [1.807, 2.05) is 0 Å².